The van der Waals surface area contributed by atoms with Gasteiger partial charge in [0.2, 0.25) is 10.0 Å². The topological polar surface area (TPSA) is 52.7 Å². The van der Waals surface area contributed by atoms with Crippen molar-refractivity contribution in [3.8, 4) is 0 Å². The lowest BCUT2D eigenvalue weighted by Gasteiger charge is -2.36. The van der Waals surface area contributed by atoms with E-state index in [1.54, 1.807) is 24.3 Å². The number of nitrogens with zero attached hydrogens (tertiary/aromatic N) is 2. The molecule has 1 fully saturated rings. The monoisotopic (exact) mass is 441 g/mol. The minimum absolute atomic E-state index is 0.0483. The molecule has 2 aromatic carbocycles. The Morgan fingerprint density at radius 3 is 2.32 bits per heavy atom. The molecule has 0 bridgehead atoms. The van der Waals surface area contributed by atoms with E-state index in [9.17, 15) is 8.42 Å². The number of hydrogen-bond acceptors (Lipinski definition) is 4. The highest BCUT2D eigenvalue weighted by Gasteiger charge is 2.17. The van der Waals surface area contributed by atoms with Crippen molar-refractivity contribution in [2.24, 2.45) is 0 Å². The lowest BCUT2D eigenvalue weighted by Crippen LogP contribution is -2.47. The smallest absolute Gasteiger partial charge is 0.215 e. The third-order valence-corrected chi connectivity index (χ3v) is 6.63. The van der Waals surface area contributed by atoms with E-state index in [4.69, 9.17) is 23.2 Å². The van der Waals surface area contributed by atoms with Crippen LogP contribution >= 0.6 is 23.2 Å². The van der Waals surface area contributed by atoms with E-state index in [2.05, 4.69) is 14.5 Å². The number of anilines is 1. The van der Waals surface area contributed by atoms with Crippen LogP contribution in [0.5, 0.6) is 0 Å². The zero-order valence-electron chi connectivity index (χ0n) is 15.7. The highest BCUT2D eigenvalue weighted by atomic mass is 35.5. The molecular formula is C20H25Cl2N3O2S. The van der Waals surface area contributed by atoms with Crippen LogP contribution in [0, 0.1) is 0 Å². The Bertz CT molecular complexity index is 867. The Morgan fingerprint density at radius 2 is 1.64 bits per heavy atom. The number of piperazine rings is 1. The summed E-state index contributed by atoms with van der Waals surface area (Å²) in [4.78, 5) is 4.72. The Balaban J connectivity index is 1.36. The van der Waals surface area contributed by atoms with Crippen molar-refractivity contribution in [2.45, 2.75) is 12.2 Å². The van der Waals surface area contributed by atoms with Crippen LogP contribution in [0.1, 0.15) is 12.0 Å². The van der Waals surface area contributed by atoms with Crippen molar-refractivity contribution < 1.29 is 8.42 Å². The molecule has 1 N–H and O–H groups in total. The van der Waals surface area contributed by atoms with Gasteiger partial charge in [-0.15, -0.1) is 0 Å². The second-order valence-electron chi connectivity index (χ2n) is 6.94. The fraction of sp³-hybridized carbons (Fsp3) is 0.400. The van der Waals surface area contributed by atoms with E-state index in [0.717, 1.165) is 44.2 Å². The van der Waals surface area contributed by atoms with Crippen molar-refractivity contribution in [1.29, 1.82) is 0 Å². The fourth-order valence-corrected chi connectivity index (χ4v) is 4.82. The van der Waals surface area contributed by atoms with E-state index in [0.29, 0.717) is 17.1 Å². The quantitative estimate of drug-likeness (QED) is 0.635. The molecule has 0 unspecified atom stereocenters. The van der Waals surface area contributed by atoms with E-state index in [1.165, 1.54) is 5.69 Å². The predicted octanol–water partition coefficient (Wildman–Crippen LogP) is 3.63. The molecule has 0 aliphatic carbocycles. The molecule has 0 atom stereocenters. The molecule has 1 heterocycles. The summed E-state index contributed by atoms with van der Waals surface area (Å²) < 4.78 is 27.1. The summed E-state index contributed by atoms with van der Waals surface area (Å²) in [5.74, 6) is -0.0483. The lowest BCUT2D eigenvalue weighted by molar-refractivity contribution is 0.255. The minimum Gasteiger partial charge on any atom is -0.369 e. The first-order valence-corrected chi connectivity index (χ1v) is 11.8. The number of benzene rings is 2. The first kappa shape index (κ1) is 21.4. The molecule has 1 aliphatic heterocycles. The molecule has 0 radical (unpaired) electrons. The van der Waals surface area contributed by atoms with Crippen LogP contribution in [0.3, 0.4) is 0 Å². The third kappa shape index (κ3) is 6.64. The summed E-state index contributed by atoms with van der Waals surface area (Å²) in [5, 5.41) is 1.30. The maximum absolute atomic E-state index is 12.2. The Labute approximate surface area is 177 Å². The molecule has 0 aromatic heterocycles. The average molecular weight is 442 g/mol. The maximum Gasteiger partial charge on any atom is 0.215 e. The van der Waals surface area contributed by atoms with Gasteiger partial charge in [-0.1, -0.05) is 35.3 Å². The second-order valence-corrected chi connectivity index (χ2v) is 9.62. The highest BCUT2D eigenvalue weighted by molar-refractivity contribution is 7.88. The normalized spacial score (nSPS) is 15.7. The predicted molar refractivity (Wildman–Crippen MR) is 117 cm³/mol. The molecule has 1 aliphatic rings. The standard InChI is InChI=1S/C20H25Cl2N3O2S/c21-18-5-7-20(8-6-18)25-13-11-24(12-14-25)10-2-9-23-28(26,27)16-17-3-1-4-19(22)15-17/h1,3-8,15,23H,2,9-14,16H2. The molecule has 0 spiro atoms. The van der Waals surface area contributed by atoms with Crippen molar-refractivity contribution in [3.63, 3.8) is 0 Å². The van der Waals surface area contributed by atoms with E-state index in [-0.39, 0.29) is 5.75 Å². The average Bonchev–Trinajstić information content (AvgIpc) is 2.66. The first-order valence-electron chi connectivity index (χ1n) is 9.36. The molecule has 0 amide bonds. The molecule has 1 saturated heterocycles. The van der Waals surface area contributed by atoms with Gasteiger partial charge in [0.1, 0.15) is 0 Å². The number of hydrogen-bond donors (Lipinski definition) is 1. The van der Waals surface area contributed by atoms with Crippen LogP contribution in [0.4, 0.5) is 5.69 Å². The van der Waals surface area contributed by atoms with Crippen molar-refractivity contribution in [2.75, 3.05) is 44.2 Å². The summed E-state index contributed by atoms with van der Waals surface area (Å²) in [6.45, 7) is 5.19. The van der Waals surface area contributed by atoms with Gasteiger partial charge in [-0.3, -0.25) is 4.90 Å². The molecule has 2 aromatic rings. The Kier molecular flexibility index (Phi) is 7.60. The number of rotatable bonds is 8. The van der Waals surface area contributed by atoms with Gasteiger partial charge in [0.05, 0.1) is 5.75 Å². The Morgan fingerprint density at radius 1 is 0.929 bits per heavy atom. The molecule has 8 heteroatoms. The van der Waals surface area contributed by atoms with Crippen LogP contribution in [-0.4, -0.2) is 52.6 Å². The van der Waals surface area contributed by atoms with Gasteiger partial charge in [-0.2, -0.15) is 0 Å². The van der Waals surface area contributed by atoms with Gasteiger partial charge in [-0.05, 0) is 54.9 Å². The van der Waals surface area contributed by atoms with Crippen molar-refractivity contribution in [3.05, 3.63) is 64.1 Å². The van der Waals surface area contributed by atoms with Gasteiger partial charge in [-0.25, -0.2) is 13.1 Å². The van der Waals surface area contributed by atoms with Crippen LogP contribution in [-0.2, 0) is 15.8 Å². The lowest BCUT2D eigenvalue weighted by atomic mass is 10.2. The van der Waals surface area contributed by atoms with E-state index in [1.807, 2.05) is 24.3 Å². The first-order chi connectivity index (χ1) is 13.4. The third-order valence-electron chi connectivity index (χ3n) is 4.78. The summed E-state index contributed by atoms with van der Waals surface area (Å²) in [6, 6.07) is 14.9. The molecule has 28 heavy (non-hydrogen) atoms. The van der Waals surface area contributed by atoms with E-state index < -0.39 is 10.0 Å². The van der Waals surface area contributed by atoms with Crippen LogP contribution in [0.2, 0.25) is 10.0 Å². The maximum atomic E-state index is 12.2. The SMILES string of the molecule is O=S(=O)(Cc1cccc(Cl)c1)NCCCN1CCN(c2ccc(Cl)cc2)CC1. The van der Waals surface area contributed by atoms with E-state index >= 15 is 0 Å². The molecule has 5 nitrogen and oxygen atoms in total. The molecule has 152 valence electrons. The van der Waals surface area contributed by atoms with Crippen molar-refractivity contribution in [1.82, 2.24) is 9.62 Å². The van der Waals surface area contributed by atoms with Crippen molar-refractivity contribution >= 4 is 38.9 Å². The summed E-state index contributed by atoms with van der Waals surface area (Å²) in [5.41, 5.74) is 1.89. The summed E-state index contributed by atoms with van der Waals surface area (Å²) >= 11 is 11.9. The van der Waals surface area contributed by atoms with Gasteiger partial charge in [0.15, 0.2) is 0 Å². The molecule has 0 saturated carbocycles. The zero-order chi connectivity index (χ0) is 20.0. The number of nitrogens with one attached hydrogen (secondary N) is 1. The van der Waals surface area contributed by atoms with Gasteiger partial charge >= 0.3 is 0 Å². The highest BCUT2D eigenvalue weighted by Crippen LogP contribution is 2.19. The Hall–Kier alpha value is -1.31. The molecular weight excluding hydrogens is 417 g/mol. The van der Waals surface area contributed by atoms with Crippen LogP contribution < -0.4 is 9.62 Å². The minimum atomic E-state index is -3.35. The van der Waals surface area contributed by atoms with Gasteiger partial charge in [0, 0.05) is 48.5 Å². The zero-order valence-corrected chi connectivity index (χ0v) is 18.0. The second kappa shape index (κ2) is 9.94. The molecule has 3 rings (SSSR count). The fourth-order valence-electron chi connectivity index (χ4n) is 3.31. The van der Waals surface area contributed by atoms with Crippen LogP contribution in [0.15, 0.2) is 48.5 Å². The largest absolute Gasteiger partial charge is 0.369 e. The summed E-state index contributed by atoms with van der Waals surface area (Å²) in [6.07, 6.45) is 0.787. The van der Waals surface area contributed by atoms with Crippen LogP contribution in [0.25, 0.3) is 0 Å². The number of halogens is 2. The summed E-state index contributed by atoms with van der Waals surface area (Å²) in [7, 11) is -3.35. The van der Waals surface area contributed by atoms with Gasteiger partial charge < -0.3 is 4.90 Å². The number of sulfonamides is 1. The van der Waals surface area contributed by atoms with Gasteiger partial charge in [0.25, 0.3) is 0 Å².